The lowest BCUT2D eigenvalue weighted by atomic mass is 9.90. The highest BCUT2D eigenvalue weighted by Gasteiger charge is 2.31. The molecule has 31 heavy (non-hydrogen) atoms. The van der Waals surface area contributed by atoms with Crippen LogP contribution in [0.5, 0.6) is 23.0 Å². The minimum Gasteiger partial charge on any atom is -0.508 e. The van der Waals surface area contributed by atoms with E-state index in [9.17, 15) is 25.2 Å². The van der Waals surface area contributed by atoms with Crippen molar-refractivity contribution in [3.63, 3.8) is 0 Å². The zero-order chi connectivity index (χ0) is 22.9. The van der Waals surface area contributed by atoms with Gasteiger partial charge in [-0.05, 0) is 56.0 Å². The van der Waals surface area contributed by atoms with Crippen LogP contribution in [-0.4, -0.2) is 32.3 Å². The summed E-state index contributed by atoms with van der Waals surface area (Å²) < 4.78 is 5.96. The van der Waals surface area contributed by atoms with Crippen molar-refractivity contribution in [3.8, 4) is 23.0 Å². The zero-order valence-corrected chi connectivity index (χ0v) is 18.0. The smallest absolute Gasteiger partial charge is 0.174 e. The fourth-order valence-electron chi connectivity index (χ4n) is 3.59. The summed E-state index contributed by atoms with van der Waals surface area (Å²) in [6.45, 7) is 9.41. The van der Waals surface area contributed by atoms with Crippen molar-refractivity contribution < 1.29 is 30.0 Å². The summed E-state index contributed by atoms with van der Waals surface area (Å²) in [7, 11) is 0. The number of phenols is 3. The Hall–Kier alpha value is -3.25. The van der Waals surface area contributed by atoms with E-state index in [1.54, 1.807) is 19.1 Å². The molecule has 0 radical (unpaired) electrons. The van der Waals surface area contributed by atoms with Gasteiger partial charge in [-0.15, -0.1) is 0 Å². The van der Waals surface area contributed by atoms with E-state index in [1.807, 2.05) is 19.9 Å². The molecule has 164 valence electrons. The molecule has 6 nitrogen and oxygen atoms in total. The van der Waals surface area contributed by atoms with Crippen LogP contribution in [0.1, 0.15) is 60.3 Å². The number of carbonyl (C=O) groups is 1. The van der Waals surface area contributed by atoms with Gasteiger partial charge >= 0.3 is 0 Å². The number of aliphatic hydroxyl groups excluding tert-OH is 1. The van der Waals surface area contributed by atoms with Gasteiger partial charge in [0.25, 0.3) is 0 Å². The Labute approximate surface area is 181 Å². The number of benzene rings is 2. The van der Waals surface area contributed by atoms with Crippen LogP contribution in [0, 0.1) is 0 Å². The van der Waals surface area contributed by atoms with Gasteiger partial charge in [-0.25, -0.2) is 0 Å². The predicted octanol–water partition coefficient (Wildman–Crippen LogP) is 4.50. The predicted molar refractivity (Wildman–Crippen MR) is 118 cm³/mol. The number of aliphatic hydroxyl groups is 1. The van der Waals surface area contributed by atoms with Gasteiger partial charge in [-0.2, -0.15) is 0 Å². The number of aromatic hydroxyl groups is 3. The van der Waals surface area contributed by atoms with Crippen molar-refractivity contribution in [2.24, 2.45) is 0 Å². The number of ether oxygens (including phenoxy) is 1. The number of hydrogen-bond donors (Lipinski definition) is 4. The molecule has 2 atom stereocenters. The summed E-state index contributed by atoms with van der Waals surface area (Å²) in [6.07, 6.45) is 1.16. The van der Waals surface area contributed by atoms with Gasteiger partial charge in [-0.3, -0.25) is 4.79 Å². The topological polar surface area (TPSA) is 107 Å². The maximum Gasteiger partial charge on any atom is 0.174 e. The molecular weight excluding hydrogens is 396 g/mol. The zero-order valence-electron chi connectivity index (χ0n) is 18.0. The number of Topliss-reactive ketones (excluding diaryl/α,β-unsaturated/α-hetero) is 1. The molecule has 0 saturated heterocycles. The van der Waals surface area contributed by atoms with E-state index in [1.165, 1.54) is 6.07 Å². The third-order valence-corrected chi connectivity index (χ3v) is 5.36. The average molecular weight is 424 g/mol. The third-order valence-electron chi connectivity index (χ3n) is 5.36. The molecule has 2 unspecified atom stereocenters. The Balaban J connectivity index is 2.05. The summed E-state index contributed by atoms with van der Waals surface area (Å²) in [5.41, 5.74) is 3.59. The second kappa shape index (κ2) is 8.86. The van der Waals surface area contributed by atoms with Gasteiger partial charge in [0, 0.05) is 18.6 Å². The van der Waals surface area contributed by atoms with Crippen molar-refractivity contribution in [3.05, 3.63) is 70.3 Å². The second-order valence-corrected chi connectivity index (χ2v) is 8.31. The molecule has 0 aliphatic carbocycles. The van der Waals surface area contributed by atoms with Crippen molar-refractivity contribution in [2.75, 3.05) is 0 Å². The van der Waals surface area contributed by atoms with Crippen LogP contribution in [0.2, 0.25) is 0 Å². The molecule has 0 aromatic heterocycles. The molecule has 1 aliphatic rings. The summed E-state index contributed by atoms with van der Waals surface area (Å²) in [5, 5.41) is 40.9. The van der Waals surface area contributed by atoms with Crippen LogP contribution in [-0.2, 0) is 12.8 Å². The lowest BCUT2D eigenvalue weighted by Gasteiger charge is -2.27. The molecule has 0 spiro atoms. The molecule has 4 N–H and O–H groups in total. The number of fused-ring (bicyclic) bond motifs is 1. The number of carbonyl (C=O) groups excluding carboxylic acids is 1. The van der Waals surface area contributed by atoms with E-state index in [-0.39, 0.29) is 47.2 Å². The normalized spacial score (nSPS) is 16.3. The van der Waals surface area contributed by atoms with E-state index in [4.69, 9.17) is 4.74 Å². The van der Waals surface area contributed by atoms with Crippen LogP contribution in [0.25, 0.3) is 0 Å². The molecule has 0 fully saturated rings. The molecule has 2 aromatic rings. The lowest BCUT2D eigenvalue weighted by Crippen LogP contribution is -2.21. The van der Waals surface area contributed by atoms with Gasteiger partial charge in [0.1, 0.15) is 34.7 Å². The Kier molecular flexibility index (Phi) is 6.41. The average Bonchev–Trinajstić information content (AvgIpc) is 2.67. The molecule has 2 aromatic carbocycles. The van der Waals surface area contributed by atoms with E-state index < -0.39 is 12.2 Å². The van der Waals surface area contributed by atoms with Gasteiger partial charge in [0.15, 0.2) is 5.78 Å². The standard InChI is InChI=1S/C25H28O6/c1-13(2)5-6-15-7-16(8-17(25(15)30)9-19(27)14(3)4)22-12-21(29)24-20(28)10-18(26)11-23(24)31-22/h5,7-8,10-11,19,22,26-28,30H,3,6,9,12H2,1-2,4H3. The molecule has 3 rings (SSSR count). The lowest BCUT2D eigenvalue weighted by molar-refractivity contribution is 0.0844. The highest BCUT2D eigenvalue weighted by Crippen LogP contribution is 2.42. The Morgan fingerprint density at radius 2 is 1.84 bits per heavy atom. The molecule has 1 aliphatic heterocycles. The molecular formula is C25H28O6. The van der Waals surface area contributed by atoms with Gasteiger partial charge in [-0.1, -0.05) is 23.8 Å². The Morgan fingerprint density at radius 1 is 1.16 bits per heavy atom. The monoisotopic (exact) mass is 424 g/mol. The van der Waals surface area contributed by atoms with Crippen LogP contribution in [0.15, 0.2) is 48.1 Å². The van der Waals surface area contributed by atoms with E-state index >= 15 is 0 Å². The number of hydrogen-bond acceptors (Lipinski definition) is 6. The number of phenolic OH excluding ortho intramolecular Hbond substituents is 3. The van der Waals surface area contributed by atoms with E-state index in [0.29, 0.717) is 28.7 Å². The highest BCUT2D eigenvalue weighted by atomic mass is 16.5. The third kappa shape index (κ3) is 4.91. The molecule has 0 saturated carbocycles. The Morgan fingerprint density at radius 3 is 2.48 bits per heavy atom. The van der Waals surface area contributed by atoms with Gasteiger partial charge in [0.05, 0.1) is 12.5 Å². The fourth-order valence-corrected chi connectivity index (χ4v) is 3.59. The first-order valence-corrected chi connectivity index (χ1v) is 10.1. The van der Waals surface area contributed by atoms with Crippen LogP contribution >= 0.6 is 0 Å². The summed E-state index contributed by atoms with van der Waals surface area (Å²) >= 11 is 0. The SMILES string of the molecule is C=C(C)C(O)Cc1cc(C2CC(=O)c3c(O)cc(O)cc3O2)cc(CC=C(C)C)c1O. The van der Waals surface area contributed by atoms with Crippen molar-refractivity contribution in [1.29, 1.82) is 0 Å². The summed E-state index contributed by atoms with van der Waals surface area (Å²) in [6, 6.07) is 5.92. The summed E-state index contributed by atoms with van der Waals surface area (Å²) in [5.74, 6) is -0.615. The van der Waals surface area contributed by atoms with Crippen molar-refractivity contribution in [1.82, 2.24) is 0 Å². The van der Waals surface area contributed by atoms with Crippen LogP contribution in [0.4, 0.5) is 0 Å². The first-order chi connectivity index (χ1) is 14.6. The Bertz CT molecular complexity index is 1060. The fraction of sp³-hybridized carbons (Fsp3) is 0.320. The quantitative estimate of drug-likeness (QED) is 0.509. The van der Waals surface area contributed by atoms with E-state index in [0.717, 1.165) is 11.6 Å². The maximum atomic E-state index is 12.7. The van der Waals surface area contributed by atoms with Crippen molar-refractivity contribution >= 4 is 5.78 Å². The molecule has 0 amide bonds. The number of rotatable bonds is 6. The van der Waals surface area contributed by atoms with Crippen LogP contribution < -0.4 is 4.74 Å². The first kappa shape index (κ1) is 22.4. The minimum atomic E-state index is -0.819. The van der Waals surface area contributed by atoms with Gasteiger partial charge in [0.2, 0.25) is 0 Å². The largest absolute Gasteiger partial charge is 0.508 e. The molecule has 0 bridgehead atoms. The maximum absolute atomic E-state index is 12.7. The summed E-state index contributed by atoms with van der Waals surface area (Å²) in [4.78, 5) is 12.7. The van der Waals surface area contributed by atoms with Gasteiger partial charge < -0.3 is 25.2 Å². The highest BCUT2D eigenvalue weighted by molar-refractivity contribution is 6.02. The molecule has 6 heteroatoms. The second-order valence-electron chi connectivity index (χ2n) is 8.31. The van der Waals surface area contributed by atoms with Crippen LogP contribution in [0.3, 0.4) is 0 Å². The van der Waals surface area contributed by atoms with E-state index in [2.05, 4.69) is 6.58 Å². The first-order valence-electron chi connectivity index (χ1n) is 10.1. The number of ketones is 1. The molecule has 1 heterocycles. The minimum absolute atomic E-state index is 0.000670. The van der Waals surface area contributed by atoms with Crippen molar-refractivity contribution in [2.45, 2.75) is 52.2 Å². The number of allylic oxidation sites excluding steroid dienone is 2.